The summed E-state index contributed by atoms with van der Waals surface area (Å²) in [6, 6.07) is 6.38. The van der Waals surface area contributed by atoms with E-state index in [-0.39, 0.29) is 17.8 Å². The molecule has 0 atom stereocenters. The highest BCUT2D eigenvalue weighted by atomic mass is 127. The van der Waals surface area contributed by atoms with Crippen LogP contribution >= 0.6 is 113 Å². The molecule has 0 saturated heterocycles. The quantitative estimate of drug-likeness (QED) is 0.145. The molecule has 2 rings (SSSR count). The molecule has 2 aromatic carbocycles. The van der Waals surface area contributed by atoms with E-state index >= 15 is 0 Å². The van der Waals surface area contributed by atoms with Crippen LogP contribution in [0.15, 0.2) is 29.2 Å². The van der Waals surface area contributed by atoms with Crippen LogP contribution in [0.4, 0.5) is 0 Å². The lowest BCUT2D eigenvalue weighted by atomic mass is 10.2. The molecular formula is C13H4I5O5S-. The monoisotopic (exact) mass is 907 g/mol. The fourth-order valence-corrected chi connectivity index (χ4v) is 8.00. The molecule has 128 valence electrons. The Morgan fingerprint density at radius 3 is 1.96 bits per heavy atom. The lowest BCUT2D eigenvalue weighted by molar-refractivity contribution is 0.0733. The number of hydrogen-bond donors (Lipinski definition) is 0. The number of benzene rings is 2. The van der Waals surface area contributed by atoms with Crippen LogP contribution in [-0.2, 0) is 10.1 Å². The third-order valence-electron chi connectivity index (χ3n) is 2.65. The highest BCUT2D eigenvalue weighted by molar-refractivity contribution is 14.1. The molecule has 0 aliphatic carbocycles. The number of halogens is 5. The van der Waals surface area contributed by atoms with Crippen molar-refractivity contribution >= 4 is 129 Å². The first-order valence-electron chi connectivity index (χ1n) is 5.82. The lowest BCUT2D eigenvalue weighted by Gasteiger charge is -2.14. The van der Waals surface area contributed by atoms with Gasteiger partial charge in [-0.25, -0.2) is 13.2 Å². The molecule has 11 heteroatoms. The minimum Gasteiger partial charge on any atom is -0.744 e. The predicted molar refractivity (Wildman–Crippen MR) is 129 cm³/mol. The Labute approximate surface area is 206 Å². The lowest BCUT2D eigenvalue weighted by Crippen LogP contribution is -2.13. The Morgan fingerprint density at radius 2 is 1.46 bits per heavy atom. The van der Waals surface area contributed by atoms with E-state index in [1.807, 2.05) is 6.07 Å². The standard InChI is InChI=1S/C13H5I5O5S/c14-5-1-7(11(18)8(15)2-5)13(19)23-6-3-9(16)12(10(17)4-6)24(20,21)22/h1-4H,(H,20,21,22)/p-1. The highest BCUT2D eigenvalue weighted by Crippen LogP contribution is 2.30. The first-order valence-corrected chi connectivity index (χ1v) is 12.6. The summed E-state index contributed by atoms with van der Waals surface area (Å²) < 4.78 is 42.2. The third kappa shape index (κ3) is 5.26. The van der Waals surface area contributed by atoms with Gasteiger partial charge in [0, 0.05) is 17.9 Å². The molecule has 24 heavy (non-hydrogen) atoms. The molecule has 0 aromatic heterocycles. The van der Waals surface area contributed by atoms with Gasteiger partial charge >= 0.3 is 5.97 Å². The second kappa shape index (κ2) is 8.65. The van der Waals surface area contributed by atoms with E-state index in [0.29, 0.717) is 5.56 Å². The Kier molecular flexibility index (Phi) is 7.85. The first kappa shape index (κ1) is 21.8. The Hall–Kier alpha value is 1.47. The van der Waals surface area contributed by atoms with Gasteiger partial charge in [0.1, 0.15) is 15.9 Å². The first-order chi connectivity index (χ1) is 11.0. The van der Waals surface area contributed by atoms with Crippen LogP contribution in [0.2, 0.25) is 0 Å². The summed E-state index contributed by atoms with van der Waals surface area (Å²) in [6.45, 7) is 0. The number of ether oxygens (including phenoxy) is 1. The van der Waals surface area contributed by atoms with Crippen molar-refractivity contribution in [1.29, 1.82) is 0 Å². The third-order valence-corrected chi connectivity index (χ3v) is 9.69. The molecule has 0 heterocycles. The van der Waals surface area contributed by atoms with Crippen molar-refractivity contribution in [1.82, 2.24) is 0 Å². The van der Waals surface area contributed by atoms with E-state index in [9.17, 15) is 17.8 Å². The average Bonchev–Trinajstić information content (AvgIpc) is 2.40. The SMILES string of the molecule is O=C(Oc1cc(I)c(S(=O)(=O)[O-])c(I)c1)c1cc(I)cc(I)c1I. The van der Waals surface area contributed by atoms with Gasteiger partial charge in [0.05, 0.1) is 10.5 Å². The van der Waals surface area contributed by atoms with Crippen molar-refractivity contribution in [2.75, 3.05) is 0 Å². The van der Waals surface area contributed by atoms with Gasteiger partial charge in [0.2, 0.25) is 0 Å². The number of carbonyl (C=O) groups excluding carboxylic acids is 1. The molecule has 0 saturated carbocycles. The smallest absolute Gasteiger partial charge is 0.344 e. The van der Waals surface area contributed by atoms with Crippen molar-refractivity contribution in [3.63, 3.8) is 0 Å². The van der Waals surface area contributed by atoms with E-state index < -0.39 is 16.1 Å². The number of esters is 1. The Balaban J connectivity index is 2.41. The van der Waals surface area contributed by atoms with Crippen LogP contribution in [0, 0.1) is 17.9 Å². The molecule has 0 bridgehead atoms. The molecular weight excluding hydrogens is 903 g/mol. The minimum absolute atomic E-state index is 0.186. The minimum atomic E-state index is -4.59. The summed E-state index contributed by atoms with van der Waals surface area (Å²) in [4.78, 5) is 12.1. The molecule has 0 spiro atoms. The average molecular weight is 907 g/mol. The second-order valence-corrected chi connectivity index (χ2v) is 11.4. The molecule has 0 radical (unpaired) electrons. The van der Waals surface area contributed by atoms with Crippen molar-refractivity contribution in [2.45, 2.75) is 4.90 Å². The van der Waals surface area contributed by atoms with Crippen molar-refractivity contribution in [3.8, 4) is 5.75 Å². The van der Waals surface area contributed by atoms with E-state index in [2.05, 4.69) is 67.8 Å². The zero-order valence-electron chi connectivity index (χ0n) is 11.1. The molecule has 5 nitrogen and oxygen atoms in total. The van der Waals surface area contributed by atoms with E-state index in [0.717, 1.165) is 10.7 Å². The maximum atomic E-state index is 12.4. The van der Waals surface area contributed by atoms with Crippen LogP contribution in [0.3, 0.4) is 0 Å². The topological polar surface area (TPSA) is 83.5 Å². The van der Waals surface area contributed by atoms with Crippen LogP contribution in [0.5, 0.6) is 5.75 Å². The van der Waals surface area contributed by atoms with E-state index in [1.165, 1.54) is 12.1 Å². The van der Waals surface area contributed by atoms with Crippen LogP contribution in [-0.4, -0.2) is 18.9 Å². The molecule has 0 unspecified atom stereocenters. The summed E-state index contributed by atoms with van der Waals surface area (Å²) in [5, 5.41) is 0. The van der Waals surface area contributed by atoms with Gasteiger partial charge < -0.3 is 9.29 Å². The largest absolute Gasteiger partial charge is 0.744 e. The Morgan fingerprint density at radius 1 is 0.917 bits per heavy atom. The molecule has 0 aliphatic heterocycles. The fraction of sp³-hybridized carbons (Fsp3) is 0. The molecule has 0 N–H and O–H groups in total. The zero-order chi connectivity index (χ0) is 18.2. The fourth-order valence-electron chi connectivity index (χ4n) is 1.70. The number of carbonyl (C=O) groups is 1. The predicted octanol–water partition coefficient (Wildman–Crippen LogP) is 4.83. The highest BCUT2D eigenvalue weighted by Gasteiger charge is 2.19. The van der Waals surface area contributed by atoms with Gasteiger partial charge in [-0.1, -0.05) is 0 Å². The normalized spacial score (nSPS) is 11.4. The van der Waals surface area contributed by atoms with Crippen molar-refractivity contribution in [3.05, 3.63) is 47.7 Å². The summed E-state index contributed by atoms with van der Waals surface area (Å²) in [5.74, 6) is -0.356. The van der Waals surface area contributed by atoms with Gasteiger partial charge in [-0.05, 0) is 137 Å². The maximum Gasteiger partial charge on any atom is 0.344 e. The Bertz CT molecular complexity index is 919. The van der Waals surface area contributed by atoms with Gasteiger partial charge in [-0.15, -0.1) is 0 Å². The maximum absolute atomic E-state index is 12.4. The van der Waals surface area contributed by atoms with Crippen LogP contribution < -0.4 is 4.74 Å². The van der Waals surface area contributed by atoms with E-state index in [4.69, 9.17) is 4.74 Å². The molecule has 0 fully saturated rings. The van der Waals surface area contributed by atoms with E-state index in [1.54, 1.807) is 51.2 Å². The van der Waals surface area contributed by atoms with Gasteiger partial charge in [0.25, 0.3) is 0 Å². The van der Waals surface area contributed by atoms with Crippen molar-refractivity contribution in [2.24, 2.45) is 0 Å². The summed E-state index contributed by atoms with van der Waals surface area (Å²) in [5.41, 5.74) is 0.428. The number of hydrogen-bond acceptors (Lipinski definition) is 5. The molecule has 0 aliphatic rings. The molecule has 2 aromatic rings. The van der Waals surface area contributed by atoms with Gasteiger partial charge in [0.15, 0.2) is 0 Å². The summed E-state index contributed by atoms with van der Waals surface area (Å²) in [7, 11) is -4.59. The second-order valence-electron chi connectivity index (χ2n) is 4.31. The van der Waals surface area contributed by atoms with Crippen LogP contribution in [0.1, 0.15) is 10.4 Å². The molecule has 0 amide bonds. The summed E-state index contributed by atoms with van der Waals surface area (Å²) >= 11 is 9.80. The van der Waals surface area contributed by atoms with Gasteiger partial charge in [-0.3, -0.25) is 0 Å². The van der Waals surface area contributed by atoms with Gasteiger partial charge in [-0.2, -0.15) is 0 Å². The number of rotatable bonds is 3. The zero-order valence-corrected chi connectivity index (χ0v) is 22.8. The summed E-state index contributed by atoms with van der Waals surface area (Å²) in [6.07, 6.45) is 0. The van der Waals surface area contributed by atoms with Crippen molar-refractivity contribution < 1.29 is 22.5 Å². The van der Waals surface area contributed by atoms with Crippen LogP contribution in [0.25, 0.3) is 0 Å².